The number of halogens is 3. The Morgan fingerprint density at radius 2 is 1.86 bits per heavy atom. The molecule has 0 heterocycles. The number of rotatable bonds is 4. The number of hydrogen-bond acceptors (Lipinski definition) is 3. The molecule has 1 unspecified atom stereocenters. The lowest BCUT2D eigenvalue weighted by Crippen LogP contribution is -2.06. The minimum Gasteiger partial charge on any atom is -0.497 e. The molecule has 0 saturated heterocycles. The van der Waals surface area contributed by atoms with Gasteiger partial charge in [0, 0.05) is 15.6 Å². The first kappa shape index (κ1) is 16.1. The molecule has 2 rings (SSSR count). The fourth-order valence-corrected chi connectivity index (χ4v) is 2.45. The number of ether oxygens (including phenoxy) is 2. The molecule has 1 N–H and O–H groups in total. The topological polar surface area (TPSA) is 38.7 Å². The van der Waals surface area contributed by atoms with Gasteiger partial charge in [0.1, 0.15) is 23.4 Å². The van der Waals surface area contributed by atoms with Crippen molar-refractivity contribution in [2.24, 2.45) is 0 Å². The molecule has 0 saturated carbocycles. The van der Waals surface area contributed by atoms with Crippen LogP contribution in [0.15, 0.2) is 34.8 Å². The molecule has 2 aromatic carbocycles. The third-order valence-electron chi connectivity index (χ3n) is 3.09. The Labute approximate surface area is 135 Å². The first-order chi connectivity index (χ1) is 9.99. The van der Waals surface area contributed by atoms with E-state index in [9.17, 15) is 9.50 Å². The molecule has 3 nitrogen and oxygen atoms in total. The van der Waals surface area contributed by atoms with Gasteiger partial charge in [-0.25, -0.2) is 4.39 Å². The fourth-order valence-electron chi connectivity index (χ4n) is 1.97. The zero-order chi connectivity index (χ0) is 15.6. The zero-order valence-corrected chi connectivity index (χ0v) is 13.7. The number of aliphatic hydroxyl groups excluding tert-OH is 1. The van der Waals surface area contributed by atoms with Gasteiger partial charge in [-0.2, -0.15) is 0 Å². The van der Waals surface area contributed by atoms with E-state index < -0.39 is 11.9 Å². The van der Waals surface area contributed by atoms with Gasteiger partial charge in [-0.15, -0.1) is 0 Å². The SMILES string of the molecule is COc1ccc(OC)c(C(O)c2ccc(Br)c(Cl)c2F)c1. The van der Waals surface area contributed by atoms with Crippen LogP contribution in [-0.2, 0) is 0 Å². The highest BCUT2D eigenvalue weighted by atomic mass is 79.9. The summed E-state index contributed by atoms with van der Waals surface area (Å²) >= 11 is 9.00. The van der Waals surface area contributed by atoms with Crippen LogP contribution in [0.25, 0.3) is 0 Å². The van der Waals surface area contributed by atoms with E-state index in [4.69, 9.17) is 21.1 Å². The summed E-state index contributed by atoms with van der Waals surface area (Å²) < 4.78 is 25.0. The van der Waals surface area contributed by atoms with Gasteiger partial charge >= 0.3 is 0 Å². The third-order valence-corrected chi connectivity index (χ3v) is 4.35. The molecule has 0 aliphatic rings. The molecule has 0 aliphatic heterocycles. The van der Waals surface area contributed by atoms with Crippen molar-refractivity contribution in [2.45, 2.75) is 6.10 Å². The van der Waals surface area contributed by atoms with Crippen LogP contribution in [0.2, 0.25) is 5.02 Å². The van der Waals surface area contributed by atoms with Crippen molar-refractivity contribution in [1.29, 1.82) is 0 Å². The molecule has 0 amide bonds. The van der Waals surface area contributed by atoms with E-state index in [1.807, 2.05) is 0 Å². The molecular formula is C15H13BrClFO3. The molecule has 0 spiro atoms. The summed E-state index contributed by atoms with van der Waals surface area (Å²) in [4.78, 5) is 0. The van der Waals surface area contributed by atoms with Crippen molar-refractivity contribution < 1.29 is 19.0 Å². The molecular weight excluding hydrogens is 363 g/mol. The molecule has 6 heteroatoms. The summed E-state index contributed by atoms with van der Waals surface area (Å²) in [6, 6.07) is 7.99. The van der Waals surface area contributed by atoms with Gasteiger partial charge in [0.2, 0.25) is 0 Å². The van der Waals surface area contributed by atoms with Crippen LogP contribution in [0, 0.1) is 5.82 Å². The third kappa shape index (κ3) is 3.15. The lowest BCUT2D eigenvalue weighted by atomic mass is 10.00. The second kappa shape index (κ2) is 6.64. The van der Waals surface area contributed by atoms with Crippen LogP contribution in [-0.4, -0.2) is 19.3 Å². The molecule has 2 aromatic rings. The maximum Gasteiger partial charge on any atom is 0.149 e. The van der Waals surface area contributed by atoms with E-state index in [1.54, 1.807) is 24.3 Å². The second-order valence-corrected chi connectivity index (χ2v) is 5.51. The Balaban J connectivity index is 2.54. The van der Waals surface area contributed by atoms with Gasteiger partial charge < -0.3 is 14.6 Å². The van der Waals surface area contributed by atoms with Crippen molar-refractivity contribution in [3.63, 3.8) is 0 Å². The molecule has 21 heavy (non-hydrogen) atoms. The molecule has 0 bridgehead atoms. The standard InChI is InChI=1S/C15H13BrClFO3/c1-20-8-3-6-12(21-2)10(7-8)15(19)9-4-5-11(16)13(17)14(9)18/h3-7,15,19H,1-2H3. The van der Waals surface area contributed by atoms with Crippen LogP contribution in [0.4, 0.5) is 4.39 Å². The predicted molar refractivity (Wildman–Crippen MR) is 82.7 cm³/mol. The van der Waals surface area contributed by atoms with E-state index in [-0.39, 0.29) is 10.6 Å². The quantitative estimate of drug-likeness (QED) is 0.808. The van der Waals surface area contributed by atoms with E-state index in [0.29, 0.717) is 21.5 Å². The van der Waals surface area contributed by atoms with Crippen LogP contribution in [0.1, 0.15) is 17.2 Å². The van der Waals surface area contributed by atoms with E-state index in [2.05, 4.69) is 15.9 Å². The minimum absolute atomic E-state index is 0.0646. The Morgan fingerprint density at radius 3 is 2.48 bits per heavy atom. The number of methoxy groups -OCH3 is 2. The lowest BCUT2D eigenvalue weighted by Gasteiger charge is -2.17. The minimum atomic E-state index is -1.22. The van der Waals surface area contributed by atoms with Gasteiger partial charge in [-0.05, 0) is 40.2 Å². The summed E-state index contributed by atoms with van der Waals surface area (Å²) in [5.74, 6) is 0.290. The fraction of sp³-hybridized carbons (Fsp3) is 0.200. The van der Waals surface area contributed by atoms with Gasteiger partial charge in [0.25, 0.3) is 0 Å². The Morgan fingerprint density at radius 1 is 1.14 bits per heavy atom. The summed E-state index contributed by atoms with van der Waals surface area (Å²) in [6.45, 7) is 0. The summed E-state index contributed by atoms with van der Waals surface area (Å²) in [7, 11) is 2.98. The summed E-state index contributed by atoms with van der Waals surface area (Å²) in [6.07, 6.45) is -1.22. The van der Waals surface area contributed by atoms with Crippen LogP contribution < -0.4 is 9.47 Å². The molecule has 0 aromatic heterocycles. The lowest BCUT2D eigenvalue weighted by molar-refractivity contribution is 0.209. The van der Waals surface area contributed by atoms with Gasteiger partial charge in [-0.1, -0.05) is 17.7 Å². The maximum atomic E-state index is 14.2. The zero-order valence-electron chi connectivity index (χ0n) is 11.4. The highest BCUT2D eigenvalue weighted by Gasteiger charge is 2.22. The Kier molecular flexibility index (Phi) is 5.08. The summed E-state index contributed by atoms with van der Waals surface area (Å²) in [5.41, 5.74) is 0.462. The highest BCUT2D eigenvalue weighted by molar-refractivity contribution is 9.10. The van der Waals surface area contributed by atoms with Crippen molar-refractivity contribution in [1.82, 2.24) is 0 Å². The van der Waals surface area contributed by atoms with Crippen molar-refractivity contribution in [2.75, 3.05) is 14.2 Å². The molecule has 1 atom stereocenters. The normalized spacial score (nSPS) is 12.1. The van der Waals surface area contributed by atoms with Gasteiger partial charge in [0.15, 0.2) is 0 Å². The largest absolute Gasteiger partial charge is 0.497 e. The molecule has 0 radical (unpaired) electrons. The molecule has 0 aliphatic carbocycles. The van der Waals surface area contributed by atoms with Gasteiger partial charge in [-0.3, -0.25) is 0 Å². The predicted octanol–water partition coefficient (Wildman–Crippen LogP) is 4.34. The van der Waals surface area contributed by atoms with E-state index in [0.717, 1.165) is 0 Å². The van der Waals surface area contributed by atoms with Crippen LogP contribution in [0.5, 0.6) is 11.5 Å². The first-order valence-corrected chi connectivity index (χ1v) is 7.20. The maximum absolute atomic E-state index is 14.2. The van der Waals surface area contributed by atoms with Crippen LogP contribution >= 0.6 is 27.5 Å². The van der Waals surface area contributed by atoms with E-state index >= 15 is 0 Å². The summed E-state index contributed by atoms with van der Waals surface area (Å²) in [5, 5.41) is 10.4. The molecule has 112 valence electrons. The number of benzene rings is 2. The average Bonchev–Trinajstić information content (AvgIpc) is 2.51. The monoisotopic (exact) mass is 374 g/mol. The molecule has 0 fully saturated rings. The van der Waals surface area contributed by atoms with Gasteiger partial charge in [0.05, 0.1) is 19.2 Å². The van der Waals surface area contributed by atoms with Crippen molar-refractivity contribution in [3.8, 4) is 11.5 Å². The average molecular weight is 376 g/mol. The highest BCUT2D eigenvalue weighted by Crippen LogP contribution is 2.37. The Hall–Kier alpha value is -1.30. The Bertz CT molecular complexity index is 664. The first-order valence-electron chi connectivity index (χ1n) is 6.03. The van der Waals surface area contributed by atoms with Crippen LogP contribution in [0.3, 0.4) is 0 Å². The number of aliphatic hydroxyl groups is 1. The smallest absolute Gasteiger partial charge is 0.149 e. The van der Waals surface area contributed by atoms with Crippen molar-refractivity contribution >= 4 is 27.5 Å². The second-order valence-electron chi connectivity index (χ2n) is 4.27. The number of hydrogen-bond donors (Lipinski definition) is 1. The van der Waals surface area contributed by atoms with E-state index in [1.165, 1.54) is 20.3 Å². The van der Waals surface area contributed by atoms with Crippen molar-refractivity contribution in [3.05, 3.63) is 56.8 Å².